The number of esters is 2. The van der Waals surface area contributed by atoms with Crippen LogP contribution >= 0.6 is 0 Å². The van der Waals surface area contributed by atoms with Crippen LogP contribution in [0.4, 0.5) is 0 Å². The molecule has 1 saturated heterocycles. The molecule has 2 amide bonds. The zero-order valence-corrected chi connectivity index (χ0v) is 19.0. The number of nitrogens with zero attached hydrogens (tertiary/aromatic N) is 2. The molecule has 0 N–H and O–H groups in total. The molecule has 1 aliphatic rings. The number of benzene rings is 2. The molecule has 0 spiro atoms. The second-order valence-corrected chi connectivity index (χ2v) is 7.37. The number of hydrogen-bond donors (Lipinski definition) is 0. The molecule has 10 heteroatoms. The van der Waals surface area contributed by atoms with Crippen LogP contribution in [0.2, 0.25) is 0 Å². The van der Waals surface area contributed by atoms with Crippen LogP contribution in [-0.4, -0.2) is 87.2 Å². The van der Waals surface area contributed by atoms with Crippen molar-refractivity contribution in [3.63, 3.8) is 0 Å². The maximum absolute atomic E-state index is 12.4. The van der Waals surface area contributed by atoms with Crippen molar-refractivity contribution in [3.05, 3.63) is 59.7 Å². The van der Waals surface area contributed by atoms with Crippen LogP contribution in [0, 0.1) is 0 Å². The number of amides is 2. The number of rotatable bonds is 8. The molecular weight excluding hydrogens is 444 g/mol. The Morgan fingerprint density at radius 2 is 0.941 bits per heavy atom. The van der Waals surface area contributed by atoms with Gasteiger partial charge >= 0.3 is 11.9 Å². The second kappa shape index (κ2) is 11.7. The number of carbonyl (C=O) groups excluding carboxylic acids is 4. The number of methoxy groups -OCH3 is 2. The maximum atomic E-state index is 12.4. The second-order valence-electron chi connectivity index (χ2n) is 7.37. The van der Waals surface area contributed by atoms with Crippen LogP contribution in [0.25, 0.3) is 0 Å². The molecule has 1 aliphatic heterocycles. The first-order valence-electron chi connectivity index (χ1n) is 10.6. The number of ether oxygens (including phenoxy) is 4. The first kappa shape index (κ1) is 24.6. The fourth-order valence-electron chi connectivity index (χ4n) is 3.26. The highest BCUT2D eigenvalue weighted by atomic mass is 16.5. The van der Waals surface area contributed by atoms with Gasteiger partial charge in [0, 0.05) is 26.2 Å². The molecule has 2 aromatic rings. The highest BCUT2D eigenvalue weighted by molar-refractivity contribution is 5.92. The third-order valence-electron chi connectivity index (χ3n) is 5.29. The predicted octanol–water partition coefficient (Wildman–Crippen LogP) is 1.39. The van der Waals surface area contributed by atoms with Crippen LogP contribution in [-0.2, 0) is 19.1 Å². The van der Waals surface area contributed by atoms with Crippen LogP contribution in [0.1, 0.15) is 20.7 Å². The summed E-state index contributed by atoms with van der Waals surface area (Å²) in [4.78, 5) is 52.0. The van der Waals surface area contributed by atoms with Crippen molar-refractivity contribution < 1.29 is 38.1 Å². The molecule has 1 fully saturated rings. The van der Waals surface area contributed by atoms with Crippen molar-refractivity contribution in [2.24, 2.45) is 0 Å². The Balaban J connectivity index is 1.38. The van der Waals surface area contributed by atoms with Gasteiger partial charge in [-0.25, -0.2) is 9.59 Å². The zero-order chi connectivity index (χ0) is 24.5. The predicted molar refractivity (Wildman–Crippen MR) is 120 cm³/mol. The van der Waals surface area contributed by atoms with E-state index in [2.05, 4.69) is 0 Å². The molecule has 0 radical (unpaired) electrons. The fourth-order valence-corrected chi connectivity index (χ4v) is 3.26. The molecule has 34 heavy (non-hydrogen) atoms. The van der Waals surface area contributed by atoms with E-state index in [4.69, 9.17) is 18.9 Å². The molecule has 0 aromatic heterocycles. The number of hydrogen-bond acceptors (Lipinski definition) is 8. The molecule has 3 rings (SSSR count). The lowest BCUT2D eigenvalue weighted by atomic mass is 10.2. The van der Waals surface area contributed by atoms with Crippen molar-refractivity contribution in [2.45, 2.75) is 0 Å². The number of carbonyl (C=O) groups is 4. The normalized spacial score (nSPS) is 13.1. The average Bonchev–Trinajstić information content (AvgIpc) is 2.90. The van der Waals surface area contributed by atoms with Crippen molar-refractivity contribution >= 4 is 23.8 Å². The summed E-state index contributed by atoms with van der Waals surface area (Å²) in [5.41, 5.74) is 0.626. The van der Waals surface area contributed by atoms with Gasteiger partial charge in [-0.1, -0.05) is 0 Å². The van der Waals surface area contributed by atoms with Crippen LogP contribution in [0.15, 0.2) is 48.5 Å². The molecule has 0 saturated carbocycles. The molecule has 1 heterocycles. The lowest BCUT2D eigenvalue weighted by Crippen LogP contribution is -2.52. The fraction of sp³-hybridized carbons (Fsp3) is 0.333. The minimum atomic E-state index is -0.608. The van der Waals surface area contributed by atoms with Crippen molar-refractivity contribution in [3.8, 4) is 11.5 Å². The van der Waals surface area contributed by atoms with Gasteiger partial charge in [0.05, 0.1) is 25.3 Å². The Labute approximate surface area is 196 Å². The van der Waals surface area contributed by atoms with Crippen LogP contribution in [0.3, 0.4) is 0 Å². The van der Waals surface area contributed by atoms with Gasteiger partial charge in [-0.05, 0) is 48.5 Å². The lowest BCUT2D eigenvalue weighted by Gasteiger charge is -2.34. The van der Waals surface area contributed by atoms with E-state index < -0.39 is 25.2 Å². The minimum absolute atomic E-state index is 0.289. The van der Waals surface area contributed by atoms with Gasteiger partial charge in [-0.15, -0.1) is 0 Å². The Bertz CT molecular complexity index is 929. The summed E-state index contributed by atoms with van der Waals surface area (Å²) in [6.45, 7) is 0.374. The summed E-state index contributed by atoms with van der Waals surface area (Å²) in [6, 6.07) is 12.7. The largest absolute Gasteiger partial charge is 0.497 e. The monoisotopic (exact) mass is 470 g/mol. The Morgan fingerprint density at radius 1 is 0.618 bits per heavy atom. The van der Waals surface area contributed by atoms with E-state index in [1.807, 2.05) is 0 Å². The molecule has 10 nitrogen and oxygen atoms in total. The quantitative estimate of drug-likeness (QED) is 0.532. The zero-order valence-electron chi connectivity index (χ0n) is 19.0. The van der Waals surface area contributed by atoms with Gasteiger partial charge < -0.3 is 28.7 Å². The van der Waals surface area contributed by atoms with E-state index in [1.165, 1.54) is 24.0 Å². The first-order valence-corrected chi connectivity index (χ1v) is 10.6. The Hall–Kier alpha value is -4.08. The summed E-state index contributed by atoms with van der Waals surface area (Å²) >= 11 is 0. The van der Waals surface area contributed by atoms with Crippen LogP contribution in [0.5, 0.6) is 11.5 Å². The molecule has 2 aromatic carbocycles. The van der Waals surface area contributed by atoms with E-state index in [1.54, 1.807) is 48.5 Å². The minimum Gasteiger partial charge on any atom is -0.497 e. The first-order chi connectivity index (χ1) is 16.4. The van der Waals surface area contributed by atoms with E-state index in [0.29, 0.717) is 22.6 Å². The molecule has 0 aliphatic carbocycles. The SMILES string of the molecule is COc1ccc(C(=O)OCC(=O)N2CCN(C(=O)COC(=O)c3ccc(OC)cc3)CC2)cc1. The van der Waals surface area contributed by atoms with Crippen molar-refractivity contribution in [1.29, 1.82) is 0 Å². The lowest BCUT2D eigenvalue weighted by molar-refractivity contribution is -0.142. The summed E-state index contributed by atoms with van der Waals surface area (Å²) < 4.78 is 20.3. The number of piperazine rings is 1. The smallest absolute Gasteiger partial charge is 0.338 e. The standard InChI is InChI=1S/C24H26N2O8/c1-31-19-7-3-17(4-8-19)23(29)33-15-21(27)25-11-13-26(14-12-25)22(28)16-34-24(30)18-5-9-20(32-2)10-6-18/h3-10H,11-16H2,1-2H3. The topological polar surface area (TPSA) is 112 Å². The molecule has 180 valence electrons. The third kappa shape index (κ3) is 6.47. The van der Waals surface area contributed by atoms with Gasteiger partial charge in [0.1, 0.15) is 11.5 Å². The Kier molecular flexibility index (Phi) is 8.44. The highest BCUT2D eigenvalue weighted by Gasteiger charge is 2.25. The summed E-state index contributed by atoms with van der Waals surface area (Å²) in [7, 11) is 3.04. The van der Waals surface area contributed by atoms with Gasteiger partial charge in [0.25, 0.3) is 11.8 Å². The van der Waals surface area contributed by atoms with Crippen molar-refractivity contribution in [1.82, 2.24) is 9.80 Å². The van der Waals surface area contributed by atoms with Crippen LogP contribution < -0.4 is 9.47 Å². The maximum Gasteiger partial charge on any atom is 0.338 e. The average molecular weight is 470 g/mol. The molecule has 0 atom stereocenters. The summed E-state index contributed by atoms with van der Waals surface area (Å²) in [5.74, 6) is -0.696. The Morgan fingerprint density at radius 3 is 1.24 bits per heavy atom. The van der Waals surface area contributed by atoms with Gasteiger partial charge in [0.15, 0.2) is 13.2 Å². The summed E-state index contributed by atoms with van der Waals surface area (Å²) in [6.07, 6.45) is 0. The van der Waals surface area contributed by atoms with Gasteiger partial charge in [0.2, 0.25) is 0 Å². The van der Waals surface area contributed by atoms with E-state index >= 15 is 0 Å². The van der Waals surface area contributed by atoms with E-state index in [0.717, 1.165) is 0 Å². The van der Waals surface area contributed by atoms with Gasteiger partial charge in [-0.3, -0.25) is 9.59 Å². The molecular formula is C24H26N2O8. The molecule has 0 unspecified atom stereocenters. The van der Waals surface area contributed by atoms with E-state index in [9.17, 15) is 19.2 Å². The highest BCUT2D eigenvalue weighted by Crippen LogP contribution is 2.13. The summed E-state index contributed by atoms with van der Waals surface area (Å²) in [5, 5.41) is 0. The molecule has 0 bridgehead atoms. The third-order valence-corrected chi connectivity index (χ3v) is 5.29. The van der Waals surface area contributed by atoms with E-state index in [-0.39, 0.29) is 38.0 Å². The van der Waals surface area contributed by atoms with Crippen molar-refractivity contribution in [2.75, 3.05) is 53.6 Å². The van der Waals surface area contributed by atoms with Gasteiger partial charge in [-0.2, -0.15) is 0 Å².